The van der Waals surface area contributed by atoms with Crippen molar-refractivity contribution in [1.82, 2.24) is 0 Å². The number of hydrogen-bond donors (Lipinski definition) is 1. The first kappa shape index (κ1) is 15.6. The third-order valence-corrected chi connectivity index (χ3v) is 3.79. The number of hydrogen-bond acceptors (Lipinski definition) is 2. The molecular weight excluding hydrogens is 256 g/mol. The lowest BCUT2D eigenvalue weighted by atomic mass is 10.0. The lowest BCUT2D eigenvalue weighted by Gasteiger charge is -2.25. The molecule has 2 aromatic rings. The molecule has 21 heavy (non-hydrogen) atoms. The van der Waals surface area contributed by atoms with E-state index in [4.69, 9.17) is 5.73 Å². The molecule has 2 rings (SSSR count). The zero-order chi connectivity index (χ0) is 15.6. The van der Waals surface area contributed by atoms with Crippen LogP contribution in [-0.4, -0.2) is 13.6 Å². The summed E-state index contributed by atoms with van der Waals surface area (Å²) >= 11 is 0. The van der Waals surface area contributed by atoms with Crippen LogP contribution >= 0.6 is 0 Å². The Balaban J connectivity index is 2.16. The number of anilines is 1. The fourth-order valence-electron chi connectivity index (χ4n) is 2.90. The van der Waals surface area contributed by atoms with Gasteiger partial charge >= 0.3 is 0 Å². The first-order chi connectivity index (χ1) is 9.85. The molecule has 0 fully saturated rings. The van der Waals surface area contributed by atoms with Gasteiger partial charge in [-0.2, -0.15) is 0 Å². The highest BCUT2D eigenvalue weighted by Crippen LogP contribution is 2.21. The molecule has 112 valence electrons. The monoisotopic (exact) mass is 282 g/mol. The molecular formula is C19H26N2. The Bertz CT molecular complexity index is 535. The smallest absolute Gasteiger partial charge is 0.0473 e. The van der Waals surface area contributed by atoms with E-state index in [0.29, 0.717) is 0 Å². The molecule has 0 radical (unpaired) electrons. The van der Waals surface area contributed by atoms with Crippen molar-refractivity contribution >= 4 is 5.69 Å². The minimum absolute atomic E-state index is 0.0226. The van der Waals surface area contributed by atoms with Gasteiger partial charge in [0.15, 0.2) is 0 Å². The van der Waals surface area contributed by atoms with Gasteiger partial charge in [-0.15, -0.1) is 0 Å². The molecule has 1 unspecified atom stereocenters. The second-order valence-corrected chi connectivity index (χ2v) is 6.25. The van der Waals surface area contributed by atoms with E-state index >= 15 is 0 Å². The van der Waals surface area contributed by atoms with Crippen molar-refractivity contribution in [3.8, 4) is 0 Å². The molecule has 2 aromatic carbocycles. The minimum Gasteiger partial charge on any atom is -0.373 e. The van der Waals surface area contributed by atoms with Crippen LogP contribution in [0.4, 0.5) is 5.69 Å². The highest BCUT2D eigenvalue weighted by Gasteiger charge is 2.11. The molecule has 0 aromatic heterocycles. The summed E-state index contributed by atoms with van der Waals surface area (Å²) in [7, 11) is 2.11. The highest BCUT2D eigenvalue weighted by atomic mass is 15.1. The molecule has 0 amide bonds. The van der Waals surface area contributed by atoms with Gasteiger partial charge in [0, 0.05) is 25.3 Å². The van der Waals surface area contributed by atoms with Crippen LogP contribution in [0.2, 0.25) is 0 Å². The average Bonchev–Trinajstić information content (AvgIpc) is 2.36. The van der Waals surface area contributed by atoms with Gasteiger partial charge in [-0.05, 0) is 56.5 Å². The van der Waals surface area contributed by atoms with Gasteiger partial charge in [0.25, 0.3) is 0 Å². The maximum atomic E-state index is 6.41. The summed E-state index contributed by atoms with van der Waals surface area (Å²) in [5.41, 5.74) is 14.0. The third-order valence-electron chi connectivity index (χ3n) is 3.79. The number of likely N-dealkylation sites (N-methyl/N-ethyl adjacent to an activating group) is 1. The SMILES string of the molecule is Cc1cc(C)cc(C(N)CN(C)c2cc(C)cc(C)c2)c1. The summed E-state index contributed by atoms with van der Waals surface area (Å²) in [6.07, 6.45) is 0. The summed E-state index contributed by atoms with van der Waals surface area (Å²) < 4.78 is 0. The van der Waals surface area contributed by atoms with Crippen LogP contribution < -0.4 is 10.6 Å². The van der Waals surface area contributed by atoms with E-state index in [2.05, 4.69) is 76.0 Å². The summed E-state index contributed by atoms with van der Waals surface area (Å²) in [4.78, 5) is 2.24. The molecule has 1 atom stereocenters. The van der Waals surface area contributed by atoms with Gasteiger partial charge in [0.05, 0.1) is 0 Å². The molecule has 2 heteroatoms. The molecule has 0 bridgehead atoms. The summed E-state index contributed by atoms with van der Waals surface area (Å²) in [5, 5.41) is 0. The van der Waals surface area contributed by atoms with E-state index in [1.54, 1.807) is 0 Å². The van der Waals surface area contributed by atoms with Crippen LogP contribution in [0.15, 0.2) is 36.4 Å². The Morgan fingerprint density at radius 2 is 1.24 bits per heavy atom. The van der Waals surface area contributed by atoms with Gasteiger partial charge in [0.1, 0.15) is 0 Å². The van der Waals surface area contributed by atoms with Crippen molar-refractivity contribution in [2.45, 2.75) is 33.7 Å². The number of nitrogens with two attached hydrogens (primary N) is 1. The number of rotatable bonds is 4. The van der Waals surface area contributed by atoms with Crippen molar-refractivity contribution in [2.75, 3.05) is 18.5 Å². The zero-order valence-electron chi connectivity index (χ0n) is 13.8. The van der Waals surface area contributed by atoms with E-state index in [-0.39, 0.29) is 6.04 Å². The van der Waals surface area contributed by atoms with Crippen LogP contribution in [0.1, 0.15) is 33.9 Å². The van der Waals surface area contributed by atoms with Gasteiger partial charge in [-0.1, -0.05) is 35.4 Å². The Labute approximate surface area is 128 Å². The summed E-state index contributed by atoms with van der Waals surface area (Å²) in [6.45, 7) is 9.32. The fourth-order valence-corrected chi connectivity index (χ4v) is 2.90. The molecule has 0 aliphatic heterocycles. The lowest BCUT2D eigenvalue weighted by Crippen LogP contribution is -2.29. The van der Waals surface area contributed by atoms with Crippen LogP contribution in [0.25, 0.3) is 0 Å². The van der Waals surface area contributed by atoms with Gasteiger partial charge in [-0.3, -0.25) is 0 Å². The summed E-state index contributed by atoms with van der Waals surface area (Å²) in [6, 6.07) is 13.2. The molecule has 0 heterocycles. The number of benzene rings is 2. The van der Waals surface area contributed by atoms with Crippen LogP contribution in [-0.2, 0) is 0 Å². The quantitative estimate of drug-likeness (QED) is 0.916. The van der Waals surface area contributed by atoms with Gasteiger partial charge in [0.2, 0.25) is 0 Å². The maximum absolute atomic E-state index is 6.41. The van der Waals surface area contributed by atoms with Crippen LogP contribution in [0.3, 0.4) is 0 Å². The van der Waals surface area contributed by atoms with E-state index in [9.17, 15) is 0 Å². The minimum atomic E-state index is 0.0226. The van der Waals surface area contributed by atoms with Gasteiger partial charge < -0.3 is 10.6 Å². The van der Waals surface area contributed by atoms with Crippen molar-refractivity contribution in [2.24, 2.45) is 5.73 Å². The van der Waals surface area contributed by atoms with Crippen molar-refractivity contribution in [3.63, 3.8) is 0 Å². The Hall–Kier alpha value is -1.80. The third kappa shape index (κ3) is 4.08. The van der Waals surface area contributed by atoms with Crippen molar-refractivity contribution in [1.29, 1.82) is 0 Å². The summed E-state index contributed by atoms with van der Waals surface area (Å²) in [5.74, 6) is 0. The zero-order valence-corrected chi connectivity index (χ0v) is 13.8. The first-order valence-electron chi connectivity index (χ1n) is 7.48. The highest BCUT2D eigenvalue weighted by molar-refractivity contribution is 5.50. The second kappa shape index (κ2) is 6.31. The van der Waals surface area contributed by atoms with Crippen molar-refractivity contribution < 1.29 is 0 Å². The van der Waals surface area contributed by atoms with Crippen LogP contribution in [0.5, 0.6) is 0 Å². The lowest BCUT2D eigenvalue weighted by molar-refractivity contribution is 0.702. The largest absolute Gasteiger partial charge is 0.373 e. The number of aryl methyl sites for hydroxylation is 4. The Morgan fingerprint density at radius 3 is 1.71 bits per heavy atom. The van der Waals surface area contributed by atoms with E-state index in [1.807, 2.05) is 0 Å². The van der Waals surface area contributed by atoms with Crippen molar-refractivity contribution in [3.05, 3.63) is 64.2 Å². The molecule has 2 nitrogen and oxygen atoms in total. The Morgan fingerprint density at radius 1 is 0.810 bits per heavy atom. The topological polar surface area (TPSA) is 29.3 Å². The fraction of sp³-hybridized carbons (Fsp3) is 0.368. The Kier molecular flexibility index (Phi) is 4.69. The molecule has 0 spiro atoms. The number of nitrogens with zero attached hydrogens (tertiary/aromatic N) is 1. The first-order valence-corrected chi connectivity index (χ1v) is 7.48. The molecule has 0 aliphatic rings. The molecule has 0 saturated carbocycles. The molecule has 0 aliphatic carbocycles. The molecule has 2 N–H and O–H groups in total. The van der Waals surface area contributed by atoms with E-state index in [1.165, 1.54) is 33.5 Å². The predicted molar refractivity (Wildman–Crippen MR) is 92.0 cm³/mol. The van der Waals surface area contributed by atoms with Crippen LogP contribution in [0, 0.1) is 27.7 Å². The second-order valence-electron chi connectivity index (χ2n) is 6.25. The standard InChI is InChI=1S/C19H26N2/c1-13-6-14(2)9-17(8-13)19(20)12-21(5)18-10-15(3)7-16(4)11-18/h6-11,19H,12,20H2,1-5H3. The average molecular weight is 282 g/mol. The van der Waals surface area contributed by atoms with E-state index in [0.717, 1.165) is 6.54 Å². The molecule has 0 saturated heterocycles. The van der Waals surface area contributed by atoms with E-state index < -0.39 is 0 Å². The van der Waals surface area contributed by atoms with Gasteiger partial charge in [-0.25, -0.2) is 0 Å². The maximum Gasteiger partial charge on any atom is 0.0473 e. The predicted octanol–water partition coefficient (Wildman–Crippen LogP) is 4.06. The normalized spacial score (nSPS) is 12.3.